The molecule has 1 aromatic carbocycles. The molecule has 13 heteroatoms. The molecule has 0 N–H and O–H groups in total. The minimum atomic E-state index is -3.23. The predicted molar refractivity (Wildman–Crippen MR) is 154 cm³/mol. The number of anilines is 1. The minimum Gasteiger partial charge on any atom is -0.464 e. The summed E-state index contributed by atoms with van der Waals surface area (Å²) in [5.74, 6) is -7.78. The van der Waals surface area contributed by atoms with Crippen molar-refractivity contribution in [2.24, 2.45) is 11.3 Å². The summed E-state index contributed by atoms with van der Waals surface area (Å²) in [7, 11) is 0. The molecule has 1 amide bonds. The number of hydrogen-bond acceptors (Lipinski definition) is 7. The maximum atomic E-state index is 15.2. The number of amides is 1. The molecule has 242 valence electrons. The van der Waals surface area contributed by atoms with E-state index < -0.39 is 34.9 Å². The van der Waals surface area contributed by atoms with Gasteiger partial charge in [0.25, 0.3) is 5.89 Å². The standard InChI is InChI=1S/C32H36F5N5O3/c1-3-44-28-38-17-21(18-39-28)23-16-22(4-5-24(23)33)42(25(43)20-6-8-32(36,37)9-7-20)19-30-10-13-31(14-11-30,15-12-30)26-40-27(45-41-26)29(2,34)35/h4-5,16-18,20H,3,6-15,19H2,1-2H3. The molecular formula is C32H36F5N5O3. The fourth-order valence-corrected chi connectivity index (χ4v) is 7.15. The first-order chi connectivity index (χ1) is 21.3. The Morgan fingerprint density at radius 2 is 1.69 bits per heavy atom. The van der Waals surface area contributed by atoms with Crippen molar-refractivity contribution in [2.45, 2.75) is 95.3 Å². The highest BCUT2D eigenvalue weighted by molar-refractivity contribution is 5.96. The van der Waals surface area contributed by atoms with Gasteiger partial charge in [0.1, 0.15) is 5.82 Å². The molecule has 2 aromatic heterocycles. The summed E-state index contributed by atoms with van der Waals surface area (Å²) in [6.45, 7) is 3.22. The SMILES string of the molecule is CCOc1ncc(-c2cc(N(CC34CCC(c5noc(C(C)(F)F)n5)(CC3)CC4)C(=O)C3CCC(F)(F)CC3)ccc2F)cn1. The highest BCUT2D eigenvalue weighted by Crippen LogP contribution is 2.58. The molecule has 4 fully saturated rings. The average Bonchev–Trinajstić information content (AvgIpc) is 3.54. The van der Waals surface area contributed by atoms with Crippen molar-refractivity contribution >= 4 is 11.6 Å². The van der Waals surface area contributed by atoms with Crippen LogP contribution < -0.4 is 9.64 Å². The molecule has 8 nitrogen and oxygen atoms in total. The van der Waals surface area contributed by atoms with E-state index in [1.807, 2.05) is 0 Å². The third-order valence-electron chi connectivity index (χ3n) is 9.98. The summed E-state index contributed by atoms with van der Waals surface area (Å²) < 4.78 is 81.0. The van der Waals surface area contributed by atoms with E-state index in [-0.39, 0.29) is 48.6 Å². The first-order valence-corrected chi connectivity index (χ1v) is 15.5. The zero-order valence-electron chi connectivity index (χ0n) is 25.3. The Labute approximate surface area is 257 Å². The van der Waals surface area contributed by atoms with Gasteiger partial charge in [0.15, 0.2) is 5.82 Å². The predicted octanol–water partition coefficient (Wildman–Crippen LogP) is 7.63. The number of alkyl halides is 4. The number of ether oxygens (including phenoxy) is 1. The summed E-state index contributed by atoms with van der Waals surface area (Å²) in [6, 6.07) is 4.58. The smallest absolute Gasteiger partial charge is 0.322 e. The van der Waals surface area contributed by atoms with Crippen molar-refractivity contribution in [1.82, 2.24) is 20.1 Å². The van der Waals surface area contributed by atoms with E-state index in [9.17, 15) is 22.4 Å². The molecule has 2 heterocycles. The molecule has 2 bridgehead atoms. The van der Waals surface area contributed by atoms with E-state index in [4.69, 9.17) is 9.26 Å². The summed E-state index contributed by atoms with van der Waals surface area (Å²) in [5, 5.41) is 3.92. The number of carbonyl (C=O) groups excluding carboxylic acids is 1. The Hall–Kier alpha value is -3.64. The van der Waals surface area contributed by atoms with Gasteiger partial charge >= 0.3 is 11.9 Å². The number of benzene rings is 1. The molecule has 0 unspecified atom stereocenters. The van der Waals surface area contributed by atoms with E-state index in [1.165, 1.54) is 18.5 Å². The third kappa shape index (κ3) is 6.27. The van der Waals surface area contributed by atoms with E-state index in [2.05, 4.69) is 20.1 Å². The van der Waals surface area contributed by atoms with Gasteiger partial charge in [0.05, 0.1) is 6.61 Å². The van der Waals surface area contributed by atoms with E-state index in [0.717, 1.165) is 6.92 Å². The topological polar surface area (TPSA) is 94.2 Å². The highest BCUT2D eigenvalue weighted by atomic mass is 19.3. The Kier molecular flexibility index (Phi) is 8.09. The maximum absolute atomic E-state index is 15.2. The molecule has 0 aliphatic heterocycles. The van der Waals surface area contributed by atoms with Crippen LogP contribution in [0, 0.1) is 17.2 Å². The third-order valence-corrected chi connectivity index (χ3v) is 9.98. The molecule has 7 rings (SSSR count). The van der Waals surface area contributed by atoms with E-state index in [1.54, 1.807) is 24.0 Å². The van der Waals surface area contributed by atoms with Gasteiger partial charge in [-0.1, -0.05) is 5.16 Å². The molecule has 3 aromatic rings. The number of halogens is 5. The first kappa shape index (κ1) is 31.3. The Bertz CT molecular complexity index is 1510. The lowest BCUT2D eigenvalue weighted by molar-refractivity contribution is -0.127. The monoisotopic (exact) mass is 633 g/mol. The van der Waals surface area contributed by atoms with Crippen molar-refractivity contribution in [3.63, 3.8) is 0 Å². The van der Waals surface area contributed by atoms with Crippen LogP contribution >= 0.6 is 0 Å². The van der Waals surface area contributed by atoms with Gasteiger partial charge in [-0.2, -0.15) is 13.8 Å². The van der Waals surface area contributed by atoms with Gasteiger partial charge in [-0.05, 0) is 81.9 Å². The van der Waals surface area contributed by atoms with Crippen LogP contribution in [0.2, 0.25) is 0 Å². The number of aromatic nitrogens is 4. The van der Waals surface area contributed by atoms with Gasteiger partial charge in [-0.15, -0.1) is 0 Å². The molecule has 4 saturated carbocycles. The zero-order chi connectivity index (χ0) is 32.0. The van der Waals surface area contributed by atoms with Gasteiger partial charge in [-0.25, -0.2) is 23.1 Å². The van der Waals surface area contributed by atoms with Gasteiger partial charge in [0.2, 0.25) is 11.8 Å². The van der Waals surface area contributed by atoms with Crippen LogP contribution in [-0.2, 0) is 16.1 Å². The van der Waals surface area contributed by atoms with Crippen molar-refractivity contribution in [1.29, 1.82) is 0 Å². The van der Waals surface area contributed by atoms with E-state index >= 15 is 4.39 Å². The maximum Gasteiger partial charge on any atom is 0.322 e. The highest BCUT2D eigenvalue weighted by Gasteiger charge is 2.53. The normalized spacial score (nSPS) is 24.9. The second-order valence-corrected chi connectivity index (χ2v) is 13.0. The molecule has 0 radical (unpaired) electrons. The number of fused-ring (bicyclic) bond motifs is 3. The van der Waals surface area contributed by atoms with Crippen molar-refractivity contribution in [3.05, 3.63) is 48.1 Å². The summed E-state index contributed by atoms with van der Waals surface area (Å²) in [6.07, 6.45) is 6.31. The fraction of sp³-hybridized carbons (Fsp3) is 0.594. The molecule has 0 saturated heterocycles. The Balaban J connectivity index is 1.28. The largest absolute Gasteiger partial charge is 0.464 e. The number of carbonyl (C=O) groups is 1. The number of rotatable bonds is 9. The molecule has 0 atom stereocenters. The van der Waals surface area contributed by atoms with Crippen molar-refractivity contribution in [2.75, 3.05) is 18.1 Å². The molecule has 45 heavy (non-hydrogen) atoms. The minimum absolute atomic E-state index is 0.0709. The number of nitrogens with zero attached hydrogens (tertiary/aromatic N) is 5. The van der Waals surface area contributed by atoms with E-state index in [0.29, 0.717) is 68.8 Å². The quantitative estimate of drug-likeness (QED) is 0.224. The fourth-order valence-electron chi connectivity index (χ4n) is 7.15. The molecule has 4 aliphatic carbocycles. The lowest BCUT2D eigenvalue weighted by Gasteiger charge is -2.53. The van der Waals surface area contributed by atoms with Crippen LogP contribution in [0.1, 0.15) is 89.8 Å². The Morgan fingerprint density at radius 1 is 1.04 bits per heavy atom. The van der Waals surface area contributed by atoms with Crippen LogP contribution in [0.25, 0.3) is 11.1 Å². The summed E-state index contributed by atoms with van der Waals surface area (Å²) >= 11 is 0. The van der Waals surface area contributed by atoms with Gasteiger partial charge in [0, 0.05) is 66.9 Å². The Morgan fingerprint density at radius 3 is 2.27 bits per heavy atom. The lowest BCUT2D eigenvalue weighted by atomic mass is 9.53. The summed E-state index contributed by atoms with van der Waals surface area (Å²) in [4.78, 5) is 28.1. The van der Waals surface area contributed by atoms with Crippen LogP contribution in [0.15, 0.2) is 35.1 Å². The lowest BCUT2D eigenvalue weighted by Crippen LogP contribution is -2.52. The van der Waals surface area contributed by atoms with Crippen LogP contribution in [0.4, 0.5) is 27.6 Å². The van der Waals surface area contributed by atoms with Crippen LogP contribution in [0.3, 0.4) is 0 Å². The average molecular weight is 634 g/mol. The van der Waals surface area contributed by atoms with Gasteiger partial charge in [-0.3, -0.25) is 4.79 Å². The first-order valence-electron chi connectivity index (χ1n) is 15.5. The molecule has 0 spiro atoms. The van der Waals surface area contributed by atoms with Crippen LogP contribution in [-0.4, -0.2) is 45.1 Å². The molecule has 4 aliphatic rings. The molecular weight excluding hydrogens is 597 g/mol. The zero-order valence-corrected chi connectivity index (χ0v) is 25.3. The van der Waals surface area contributed by atoms with Crippen molar-refractivity contribution < 1.29 is 36.0 Å². The van der Waals surface area contributed by atoms with Gasteiger partial charge < -0.3 is 14.2 Å². The number of hydrogen-bond donors (Lipinski definition) is 0. The van der Waals surface area contributed by atoms with Crippen LogP contribution in [0.5, 0.6) is 6.01 Å². The second-order valence-electron chi connectivity index (χ2n) is 13.0. The van der Waals surface area contributed by atoms with Crippen molar-refractivity contribution in [3.8, 4) is 17.1 Å². The second kappa shape index (κ2) is 11.6. The summed E-state index contributed by atoms with van der Waals surface area (Å²) in [5.41, 5.74) is 0.293.